The summed E-state index contributed by atoms with van der Waals surface area (Å²) in [5.74, 6) is 0.144. The smallest absolute Gasteiger partial charge is 0.243 e. The zero-order chi connectivity index (χ0) is 22.4. The predicted molar refractivity (Wildman–Crippen MR) is 123 cm³/mol. The lowest BCUT2D eigenvalue weighted by atomic mass is 9.97. The van der Waals surface area contributed by atoms with E-state index >= 15 is 0 Å². The van der Waals surface area contributed by atoms with Crippen LogP contribution in [0, 0.1) is 5.92 Å². The van der Waals surface area contributed by atoms with Crippen LogP contribution < -0.4 is 10.1 Å². The minimum atomic E-state index is -3.67. The first-order valence-corrected chi connectivity index (χ1v) is 12.4. The third-order valence-electron chi connectivity index (χ3n) is 5.63. The normalized spacial score (nSPS) is 15.6. The maximum Gasteiger partial charge on any atom is 0.243 e. The van der Waals surface area contributed by atoms with Gasteiger partial charge in [0, 0.05) is 24.7 Å². The van der Waals surface area contributed by atoms with Crippen molar-refractivity contribution in [2.24, 2.45) is 5.92 Å². The second-order valence-electron chi connectivity index (χ2n) is 7.76. The lowest BCUT2D eigenvalue weighted by Crippen LogP contribution is -2.41. The predicted octanol–water partition coefficient (Wildman–Crippen LogP) is 4.73. The molecule has 0 atom stereocenters. The van der Waals surface area contributed by atoms with Crippen molar-refractivity contribution in [3.63, 3.8) is 0 Å². The summed E-state index contributed by atoms with van der Waals surface area (Å²) in [6.07, 6.45) is 4.29. The fourth-order valence-corrected chi connectivity index (χ4v) is 5.51. The molecular formula is C23H29ClN2O4S. The Balaban J connectivity index is 1.57. The van der Waals surface area contributed by atoms with Crippen LogP contribution in [0.4, 0.5) is 5.69 Å². The lowest BCUT2D eigenvalue weighted by molar-refractivity contribution is -0.120. The van der Waals surface area contributed by atoms with Gasteiger partial charge in [-0.25, -0.2) is 8.42 Å². The van der Waals surface area contributed by atoms with Gasteiger partial charge in [-0.3, -0.25) is 4.79 Å². The molecule has 0 aromatic heterocycles. The first kappa shape index (κ1) is 23.6. The molecule has 2 aromatic carbocycles. The molecule has 1 amide bonds. The molecule has 0 unspecified atom stereocenters. The van der Waals surface area contributed by atoms with Gasteiger partial charge in [0.15, 0.2) is 0 Å². The second-order valence-corrected chi connectivity index (χ2v) is 10.1. The summed E-state index contributed by atoms with van der Waals surface area (Å²) in [4.78, 5) is 12.8. The SMILES string of the molecule is CCCCc1ccc(NC(=O)C2CCN(S(=O)(=O)c3ccc(OC)c(Cl)c3)CC2)cc1. The molecular weight excluding hydrogens is 436 g/mol. The van der Waals surface area contributed by atoms with E-state index in [2.05, 4.69) is 12.2 Å². The maximum absolute atomic E-state index is 12.9. The van der Waals surface area contributed by atoms with Gasteiger partial charge < -0.3 is 10.1 Å². The van der Waals surface area contributed by atoms with E-state index in [0.717, 1.165) is 24.9 Å². The van der Waals surface area contributed by atoms with Gasteiger partial charge in [-0.2, -0.15) is 4.31 Å². The number of nitrogens with zero attached hydrogens (tertiary/aromatic N) is 1. The van der Waals surface area contributed by atoms with Crippen molar-refractivity contribution in [2.45, 2.75) is 43.9 Å². The zero-order valence-electron chi connectivity index (χ0n) is 17.9. The summed E-state index contributed by atoms with van der Waals surface area (Å²) in [5, 5.41) is 3.21. The number of aryl methyl sites for hydroxylation is 1. The van der Waals surface area contributed by atoms with Gasteiger partial charge in [0.05, 0.1) is 17.0 Å². The number of anilines is 1. The largest absolute Gasteiger partial charge is 0.495 e. The molecule has 0 saturated carbocycles. The summed E-state index contributed by atoms with van der Waals surface area (Å²) < 4.78 is 32.4. The van der Waals surface area contributed by atoms with Gasteiger partial charge in [0.1, 0.15) is 5.75 Å². The maximum atomic E-state index is 12.9. The summed E-state index contributed by atoms with van der Waals surface area (Å²) in [6, 6.07) is 12.4. The number of ether oxygens (including phenoxy) is 1. The molecule has 168 valence electrons. The Kier molecular flexibility index (Phi) is 7.97. The Morgan fingerprint density at radius 3 is 2.42 bits per heavy atom. The van der Waals surface area contributed by atoms with E-state index < -0.39 is 10.0 Å². The molecule has 0 radical (unpaired) electrons. The number of benzene rings is 2. The molecule has 1 aliphatic rings. The molecule has 0 bridgehead atoms. The zero-order valence-corrected chi connectivity index (χ0v) is 19.5. The Morgan fingerprint density at radius 1 is 1.16 bits per heavy atom. The quantitative estimate of drug-likeness (QED) is 0.612. The topological polar surface area (TPSA) is 75.7 Å². The number of amides is 1. The highest BCUT2D eigenvalue weighted by Crippen LogP contribution is 2.30. The molecule has 2 aromatic rings. The van der Waals surface area contributed by atoms with Crippen LogP contribution in [0.5, 0.6) is 5.75 Å². The number of carbonyl (C=O) groups excluding carboxylic acids is 1. The molecule has 6 nitrogen and oxygen atoms in total. The average molecular weight is 465 g/mol. The van der Waals surface area contributed by atoms with Gasteiger partial charge >= 0.3 is 0 Å². The van der Waals surface area contributed by atoms with Gasteiger partial charge in [-0.1, -0.05) is 37.1 Å². The fourth-order valence-electron chi connectivity index (χ4n) is 3.69. The third kappa shape index (κ3) is 5.79. The molecule has 1 fully saturated rings. The van der Waals surface area contributed by atoms with Crippen molar-refractivity contribution >= 4 is 33.2 Å². The van der Waals surface area contributed by atoms with E-state index in [4.69, 9.17) is 16.3 Å². The van der Waals surface area contributed by atoms with Crippen molar-refractivity contribution in [2.75, 3.05) is 25.5 Å². The molecule has 8 heteroatoms. The Morgan fingerprint density at radius 2 is 1.84 bits per heavy atom. The van der Waals surface area contributed by atoms with Crippen molar-refractivity contribution < 1.29 is 17.9 Å². The number of rotatable bonds is 8. The van der Waals surface area contributed by atoms with Crippen LogP contribution in [0.25, 0.3) is 0 Å². The minimum absolute atomic E-state index is 0.0640. The Bertz CT molecular complexity index is 1000. The van der Waals surface area contributed by atoms with Crippen LogP contribution in [0.15, 0.2) is 47.4 Å². The lowest BCUT2D eigenvalue weighted by Gasteiger charge is -2.30. The molecule has 0 aliphatic carbocycles. The number of hydrogen-bond acceptors (Lipinski definition) is 4. The van der Waals surface area contributed by atoms with E-state index in [1.807, 2.05) is 24.3 Å². The highest BCUT2D eigenvalue weighted by atomic mass is 35.5. The molecule has 1 N–H and O–H groups in total. The molecule has 3 rings (SSSR count). The molecule has 1 aliphatic heterocycles. The van der Waals surface area contributed by atoms with Gasteiger partial charge in [-0.15, -0.1) is 0 Å². The number of nitrogens with one attached hydrogen (secondary N) is 1. The number of halogens is 1. The molecule has 1 heterocycles. The van der Waals surface area contributed by atoms with Gasteiger partial charge in [-0.05, 0) is 61.6 Å². The first-order valence-electron chi connectivity index (χ1n) is 10.6. The van der Waals surface area contributed by atoms with Crippen LogP contribution in [0.2, 0.25) is 5.02 Å². The van der Waals surface area contributed by atoms with Crippen LogP contribution in [-0.2, 0) is 21.2 Å². The molecule has 0 spiro atoms. The second kappa shape index (κ2) is 10.5. The summed E-state index contributed by atoms with van der Waals surface area (Å²) >= 11 is 6.09. The summed E-state index contributed by atoms with van der Waals surface area (Å²) in [7, 11) is -2.19. The van der Waals surface area contributed by atoms with Crippen LogP contribution >= 0.6 is 11.6 Å². The van der Waals surface area contributed by atoms with Crippen molar-refractivity contribution in [1.29, 1.82) is 0 Å². The minimum Gasteiger partial charge on any atom is -0.495 e. The average Bonchev–Trinajstić information content (AvgIpc) is 2.78. The number of hydrogen-bond donors (Lipinski definition) is 1. The van der Waals surface area contributed by atoms with Crippen molar-refractivity contribution in [3.05, 3.63) is 53.1 Å². The highest BCUT2D eigenvalue weighted by Gasteiger charge is 2.32. The number of piperidine rings is 1. The van der Waals surface area contributed by atoms with Crippen LogP contribution in [0.3, 0.4) is 0 Å². The molecule has 31 heavy (non-hydrogen) atoms. The fraction of sp³-hybridized carbons (Fsp3) is 0.435. The van der Waals surface area contributed by atoms with Crippen LogP contribution in [-0.4, -0.2) is 38.8 Å². The van der Waals surface area contributed by atoms with E-state index in [9.17, 15) is 13.2 Å². The van der Waals surface area contributed by atoms with E-state index in [-0.39, 0.29) is 21.7 Å². The Hall–Kier alpha value is -2.09. The number of unbranched alkanes of at least 4 members (excludes halogenated alkanes) is 1. The standard InChI is InChI=1S/C23H29ClN2O4S/c1-3-4-5-17-6-8-19(9-7-17)25-23(27)18-12-14-26(15-13-18)31(28,29)20-10-11-22(30-2)21(24)16-20/h6-11,16,18H,3-5,12-15H2,1-2H3,(H,25,27). The Labute approximate surface area is 189 Å². The van der Waals surface area contributed by atoms with Crippen LogP contribution in [0.1, 0.15) is 38.2 Å². The molecule has 1 saturated heterocycles. The first-order chi connectivity index (χ1) is 14.8. The summed E-state index contributed by atoms with van der Waals surface area (Å²) in [6.45, 7) is 2.75. The number of carbonyl (C=O) groups is 1. The monoisotopic (exact) mass is 464 g/mol. The van der Waals surface area contributed by atoms with Crippen molar-refractivity contribution in [1.82, 2.24) is 4.31 Å². The number of methoxy groups -OCH3 is 1. The van der Waals surface area contributed by atoms with Gasteiger partial charge in [0.2, 0.25) is 15.9 Å². The van der Waals surface area contributed by atoms with E-state index in [1.165, 1.54) is 29.1 Å². The van der Waals surface area contributed by atoms with Gasteiger partial charge in [0.25, 0.3) is 0 Å². The third-order valence-corrected chi connectivity index (χ3v) is 7.82. The van der Waals surface area contributed by atoms with E-state index in [0.29, 0.717) is 31.7 Å². The highest BCUT2D eigenvalue weighted by molar-refractivity contribution is 7.89. The van der Waals surface area contributed by atoms with E-state index in [1.54, 1.807) is 6.07 Å². The number of sulfonamides is 1. The summed E-state index contributed by atoms with van der Waals surface area (Å²) in [5.41, 5.74) is 2.03. The van der Waals surface area contributed by atoms with Crippen molar-refractivity contribution in [3.8, 4) is 5.75 Å².